The molecule has 0 amide bonds. The number of hydrogen-bond donors (Lipinski definition) is 0. The van der Waals surface area contributed by atoms with Crippen molar-refractivity contribution in [2.75, 3.05) is 26.7 Å². The quantitative estimate of drug-likeness (QED) is 0.838. The Morgan fingerprint density at radius 1 is 1.24 bits per heavy atom. The monoisotopic (exact) mass is 340 g/mol. The van der Waals surface area contributed by atoms with Crippen LogP contribution in [0, 0.1) is 0 Å². The van der Waals surface area contributed by atoms with E-state index in [1.54, 1.807) is 7.11 Å². The molecular formula is C20H28N4O. The van der Waals surface area contributed by atoms with Gasteiger partial charge in [0.2, 0.25) is 0 Å². The molecule has 1 aromatic carbocycles. The van der Waals surface area contributed by atoms with Crippen LogP contribution >= 0.6 is 0 Å². The zero-order valence-corrected chi connectivity index (χ0v) is 15.3. The molecule has 0 N–H and O–H groups in total. The summed E-state index contributed by atoms with van der Waals surface area (Å²) in [6.07, 6.45) is 7.94. The van der Waals surface area contributed by atoms with Gasteiger partial charge in [-0.1, -0.05) is 6.42 Å². The highest BCUT2D eigenvalue weighted by Gasteiger charge is 2.35. The second-order valence-corrected chi connectivity index (χ2v) is 7.38. The van der Waals surface area contributed by atoms with Crippen molar-refractivity contribution in [3.05, 3.63) is 42.2 Å². The van der Waals surface area contributed by atoms with Crippen molar-refractivity contribution in [3.63, 3.8) is 0 Å². The van der Waals surface area contributed by atoms with E-state index in [0.29, 0.717) is 0 Å². The maximum Gasteiger partial charge on any atom is 0.119 e. The highest BCUT2D eigenvalue weighted by molar-refractivity contribution is 5.45. The van der Waals surface area contributed by atoms with Gasteiger partial charge in [0.25, 0.3) is 0 Å². The summed E-state index contributed by atoms with van der Waals surface area (Å²) in [5.41, 5.74) is 2.41. The summed E-state index contributed by atoms with van der Waals surface area (Å²) in [7, 11) is 1.73. The number of hydrogen-bond acceptors (Lipinski definition) is 4. The van der Waals surface area contributed by atoms with E-state index in [9.17, 15) is 0 Å². The number of aromatic nitrogens is 2. The van der Waals surface area contributed by atoms with E-state index in [4.69, 9.17) is 4.74 Å². The number of piperidine rings is 1. The minimum absolute atomic E-state index is 0.731. The number of rotatable bonds is 5. The first kappa shape index (κ1) is 16.6. The summed E-state index contributed by atoms with van der Waals surface area (Å²) < 4.78 is 7.38. The summed E-state index contributed by atoms with van der Waals surface area (Å²) >= 11 is 0. The zero-order valence-electron chi connectivity index (χ0n) is 15.3. The molecule has 5 heteroatoms. The van der Waals surface area contributed by atoms with Gasteiger partial charge >= 0.3 is 0 Å². The SMILES string of the molecule is COc1ccc(-n2cccn2)c(CN2CC(N3CCCCC3C)C2)c1. The standard InChI is InChI=1S/C20H28N4O/c1-16-6-3-4-10-23(16)18-14-22(15-18)13-17-12-19(25-2)7-8-20(17)24-11-5-9-21-24/h5,7-9,11-12,16,18H,3-4,6,10,13-15H2,1-2H3. The molecule has 0 aliphatic carbocycles. The van der Waals surface area contributed by atoms with Crippen LogP contribution in [0.25, 0.3) is 5.69 Å². The van der Waals surface area contributed by atoms with E-state index in [1.807, 2.05) is 29.2 Å². The van der Waals surface area contributed by atoms with Crippen LogP contribution in [-0.2, 0) is 6.54 Å². The predicted octanol–water partition coefficient (Wildman–Crippen LogP) is 2.94. The maximum atomic E-state index is 5.43. The molecule has 1 atom stereocenters. The highest BCUT2D eigenvalue weighted by Crippen LogP contribution is 2.28. The molecule has 1 unspecified atom stereocenters. The van der Waals surface area contributed by atoms with Crippen molar-refractivity contribution in [2.45, 2.75) is 44.8 Å². The van der Waals surface area contributed by atoms with Crippen molar-refractivity contribution < 1.29 is 4.74 Å². The highest BCUT2D eigenvalue weighted by atomic mass is 16.5. The van der Waals surface area contributed by atoms with Crippen LogP contribution in [0.2, 0.25) is 0 Å². The van der Waals surface area contributed by atoms with Gasteiger partial charge in [-0.05, 0) is 56.1 Å². The molecule has 134 valence electrons. The molecule has 25 heavy (non-hydrogen) atoms. The van der Waals surface area contributed by atoms with Crippen molar-refractivity contribution in [1.82, 2.24) is 19.6 Å². The van der Waals surface area contributed by atoms with Gasteiger partial charge in [0.1, 0.15) is 5.75 Å². The average molecular weight is 340 g/mol. The summed E-state index contributed by atoms with van der Waals surface area (Å²) in [5.74, 6) is 0.910. The van der Waals surface area contributed by atoms with Gasteiger partial charge < -0.3 is 4.74 Å². The van der Waals surface area contributed by atoms with Crippen LogP contribution in [-0.4, -0.2) is 58.4 Å². The lowest BCUT2D eigenvalue weighted by atomic mass is 9.97. The first-order chi connectivity index (χ1) is 12.2. The second kappa shape index (κ2) is 7.18. The van der Waals surface area contributed by atoms with Gasteiger partial charge in [0, 0.05) is 44.1 Å². The number of nitrogens with zero attached hydrogens (tertiary/aromatic N) is 4. The van der Waals surface area contributed by atoms with E-state index in [2.05, 4.69) is 34.0 Å². The molecule has 2 saturated heterocycles. The Bertz CT molecular complexity index is 694. The Labute approximate surface area is 150 Å². The van der Waals surface area contributed by atoms with Crippen LogP contribution in [0.1, 0.15) is 31.7 Å². The van der Waals surface area contributed by atoms with Gasteiger partial charge in [-0.3, -0.25) is 9.80 Å². The smallest absolute Gasteiger partial charge is 0.119 e. The van der Waals surface area contributed by atoms with E-state index < -0.39 is 0 Å². The van der Waals surface area contributed by atoms with Gasteiger partial charge in [0.05, 0.1) is 12.8 Å². The van der Waals surface area contributed by atoms with Crippen LogP contribution in [0.5, 0.6) is 5.75 Å². The molecular weight excluding hydrogens is 312 g/mol. The third kappa shape index (κ3) is 3.44. The van der Waals surface area contributed by atoms with E-state index in [-0.39, 0.29) is 0 Å². The molecule has 2 aromatic rings. The van der Waals surface area contributed by atoms with Crippen LogP contribution in [0.4, 0.5) is 0 Å². The van der Waals surface area contributed by atoms with E-state index in [0.717, 1.165) is 30.1 Å². The molecule has 2 aliphatic heterocycles. The molecule has 0 spiro atoms. The molecule has 4 rings (SSSR count). The number of methoxy groups -OCH3 is 1. The van der Waals surface area contributed by atoms with E-state index in [1.165, 1.54) is 44.5 Å². The zero-order chi connectivity index (χ0) is 17.2. The van der Waals surface area contributed by atoms with Crippen LogP contribution < -0.4 is 4.74 Å². The largest absolute Gasteiger partial charge is 0.497 e. The van der Waals surface area contributed by atoms with Gasteiger partial charge in [-0.15, -0.1) is 0 Å². The minimum Gasteiger partial charge on any atom is -0.497 e. The predicted molar refractivity (Wildman–Crippen MR) is 99.2 cm³/mol. The summed E-state index contributed by atoms with van der Waals surface area (Å²) in [5, 5.41) is 4.40. The Morgan fingerprint density at radius 2 is 2.12 bits per heavy atom. The van der Waals surface area contributed by atoms with Gasteiger partial charge in [-0.2, -0.15) is 5.10 Å². The van der Waals surface area contributed by atoms with Crippen molar-refractivity contribution >= 4 is 0 Å². The molecule has 0 saturated carbocycles. The fourth-order valence-electron chi connectivity index (χ4n) is 4.24. The third-order valence-corrected chi connectivity index (χ3v) is 5.69. The topological polar surface area (TPSA) is 33.5 Å². The minimum atomic E-state index is 0.731. The first-order valence-electron chi connectivity index (χ1n) is 9.39. The van der Waals surface area contributed by atoms with E-state index >= 15 is 0 Å². The molecule has 5 nitrogen and oxygen atoms in total. The second-order valence-electron chi connectivity index (χ2n) is 7.38. The summed E-state index contributed by atoms with van der Waals surface area (Å²) in [4.78, 5) is 5.26. The molecule has 0 bridgehead atoms. The lowest BCUT2D eigenvalue weighted by molar-refractivity contribution is -0.00623. The van der Waals surface area contributed by atoms with Crippen molar-refractivity contribution in [2.24, 2.45) is 0 Å². The fourth-order valence-corrected chi connectivity index (χ4v) is 4.24. The lowest BCUT2D eigenvalue weighted by Crippen LogP contribution is -2.61. The summed E-state index contributed by atoms with van der Waals surface area (Å²) in [6, 6.07) is 9.70. The molecule has 2 aliphatic rings. The molecule has 3 heterocycles. The molecule has 1 aromatic heterocycles. The normalized spacial score (nSPS) is 22.7. The van der Waals surface area contributed by atoms with Crippen molar-refractivity contribution in [1.29, 1.82) is 0 Å². The summed E-state index contributed by atoms with van der Waals surface area (Å²) in [6.45, 7) is 6.95. The Kier molecular flexibility index (Phi) is 4.77. The van der Waals surface area contributed by atoms with Gasteiger partial charge in [-0.25, -0.2) is 4.68 Å². The maximum absolute atomic E-state index is 5.43. The number of likely N-dealkylation sites (tertiary alicyclic amines) is 2. The Hall–Kier alpha value is -1.85. The molecule has 0 radical (unpaired) electrons. The Balaban J connectivity index is 1.44. The number of benzene rings is 1. The van der Waals surface area contributed by atoms with Crippen LogP contribution in [0.15, 0.2) is 36.7 Å². The number of ether oxygens (including phenoxy) is 1. The molecule has 2 fully saturated rings. The van der Waals surface area contributed by atoms with Crippen molar-refractivity contribution in [3.8, 4) is 11.4 Å². The Morgan fingerprint density at radius 3 is 2.84 bits per heavy atom. The van der Waals surface area contributed by atoms with Gasteiger partial charge in [0.15, 0.2) is 0 Å². The average Bonchev–Trinajstić information content (AvgIpc) is 3.13. The first-order valence-corrected chi connectivity index (χ1v) is 9.39. The fraction of sp³-hybridized carbons (Fsp3) is 0.550. The lowest BCUT2D eigenvalue weighted by Gasteiger charge is -2.49. The van der Waals surface area contributed by atoms with Crippen LogP contribution in [0.3, 0.4) is 0 Å². The third-order valence-electron chi connectivity index (χ3n) is 5.69.